The molecule has 0 bridgehead atoms. The summed E-state index contributed by atoms with van der Waals surface area (Å²) in [4.78, 5) is 16.9. The number of nitrogens with zero attached hydrogens (tertiary/aromatic N) is 2. The lowest BCUT2D eigenvalue weighted by atomic mass is 9.92. The summed E-state index contributed by atoms with van der Waals surface area (Å²) in [5.74, 6) is 0.300. The summed E-state index contributed by atoms with van der Waals surface area (Å²) >= 11 is 0. The lowest BCUT2D eigenvalue weighted by Gasteiger charge is -2.42. The Kier molecular flexibility index (Phi) is 5.08. The Balaban J connectivity index is 1.79. The highest BCUT2D eigenvalue weighted by atomic mass is 16.5. The van der Waals surface area contributed by atoms with E-state index in [9.17, 15) is 4.79 Å². The molecule has 2 fully saturated rings. The molecule has 2 heterocycles. The largest absolute Gasteiger partial charge is 0.381 e. The molecule has 0 spiro atoms. The van der Waals surface area contributed by atoms with E-state index in [1.54, 1.807) is 0 Å². The molecule has 0 saturated carbocycles. The Morgan fingerprint density at radius 1 is 1.00 bits per heavy atom. The van der Waals surface area contributed by atoms with Crippen LogP contribution >= 0.6 is 0 Å². The number of rotatable bonds is 2. The quantitative estimate of drug-likeness (QED) is 0.778. The van der Waals surface area contributed by atoms with Crippen molar-refractivity contribution in [2.24, 2.45) is 5.41 Å². The Morgan fingerprint density at radius 2 is 1.55 bits per heavy atom. The van der Waals surface area contributed by atoms with E-state index in [1.807, 2.05) is 27.9 Å². The van der Waals surface area contributed by atoms with Gasteiger partial charge in [0.25, 0.3) is 0 Å². The maximum atomic E-state index is 12.3. The van der Waals surface area contributed by atoms with E-state index < -0.39 is 0 Å². The van der Waals surface area contributed by atoms with Crippen LogP contribution in [0.3, 0.4) is 0 Å². The molecular formula is C16H30N2O2. The molecule has 2 aliphatic heterocycles. The van der Waals surface area contributed by atoms with Crippen LogP contribution in [-0.2, 0) is 9.53 Å². The second-order valence-corrected chi connectivity index (χ2v) is 7.24. The van der Waals surface area contributed by atoms with Crippen LogP contribution in [-0.4, -0.2) is 61.1 Å². The van der Waals surface area contributed by atoms with Gasteiger partial charge in [-0.15, -0.1) is 0 Å². The summed E-state index contributed by atoms with van der Waals surface area (Å²) in [6, 6.07) is 0.664. The molecule has 4 nitrogen and oxygen atoms in total. The van der Waals surface area contributed by atoms with E-state index in [-0.39, 0.29) is 5.41 Å². The monoisotopic (exact) mass is 282 g/mol. The van der Waals surface area contributed by atoms with Gasteiger partial charge in [0, 0.05) is 44.7 Å². The number of likely N-dealkylation sites (tertiary alicyclic amines) is 2. The summed E-state index contributed by atoms with van der Waals surface area (Å²) in [5.41, 5.74) is -0.246. The molecule has 0 aromatic heterocycles. The van der Waals surface area contributed by atoms with Crippen molar-refractivity contribution in [1.29, 1.82) is 0 Å². The third kappa shape index (κ3) is 3.73. The fraction of sp³-hybridized carbons (Fsp3) is 0.938. The predicted molar refractivity (Wildman–Crippen MR) is 80.7 cm³/mol. The molecule has 0 N–H and O–H groups in total. The zero-order chi connectivity index (χ0) is 14.8. The zero-order valence-corrected chi connectivity index (χ0v) is 13.5. The van der Waals surface area contributed by atoms with Crippen molar-refractivity contribution in [3.05, 3.63) is 0 Å². The van der Waals surface area contributed by atoms with Crippen LogP contribution < -0.4 is 0 Å². The van der Waals surface area contributed by atoms with E-state index in [4.69, 9.17) is 4.74 Å². The lowest BCUT2D eigenvalue weighted by molar-refractivity contribution is -0.141. The minimum absolute atomic E-state index is 0.246. The Bertz CT molecular complexity index is 322. The molecule has 0 radical (unpaired) electrons. The van der Waals surface area contributed by atoms with E-state index in [0.29, 0.717) is 18.1 Å². The molecule has 116 valence electrons. The molecular weight excluding hydrogens is 252 g/mol. The van der Waals surface area contributed by atoms with E-state index in [2.05, 4.69) is 9.80 Å². The van der Waals surface area contributed by atoms with E-state index in [1.165, 1.54) is 0 Å². The third-order valence-corrected chi connectivity index (χ3v) is 4.72. The molecule has 0 unspecified atom stereocenters. The first-order valence-corrected chi connectivity index (χ1v) is 7.98. The van der Waals surface area contributed by atoms with Crippen molar-refractivity contribution in [3.8, 4) is 0 Å². The normalized spacial score (nSPS) is 24.1. The van der Waals surface area contributed by atoms with Gasteiger partial charge in [0.05, 0.1) is 6.10 Å². The predicted octanol–water partition coefficient (Wildman–Crippen LogP) is 2.13. The molecule has 20 heavy (non-hydrogen) atoms. The minimum Gasteiger partial charge on any atom is -0.381 e. The van der Waals surface area contributed by atoms with Gasteiger partial charge in [-0.25, -0.2) is 0 Å². The number of carbonyl (C=O) groups is 1. The summed E-state index contributed by atoms with van der Waals surface area (Å²) in [6.45, 7) is 10.2. The SMILES string of the molecule is COC1CCN(C2CCN(C(=O)C(C)(C)C)CC2)CC1. The van der Waals surface area contributed by atoms with Crippen molar-refractivity contribution in [3.63, 3.8) is 0 Å². The zero-order valence-electron chi connectivity index (χ0n) is 13.5. The smallest absolute Gasteiger partial charge is 0.227 e. The summed E-state index contributed by atoms with van der Waals surface area (Å²) in [5, 5.41) is 0. The third-order valence-electron chi connectivity index (χ3n) is 4.72. The van der Waals surface area contributed by atoms with Crippen molar-refractivity contribution < 1.29 is 9.53 Å². The van der Waals surface area contributed by atoms with Crippen LogP contribution in [0, 0.1) is 5.41 Å². The van der Waals surface area contributed by atoms with Crippen LogP contribution in [0.4, 0.5) is 0 Å². The first kappa shape index (κ1) is 15.8. The molecule has 0 atom stereocenters. The first-order valence-electron chi connectivity index (χ1n) is 7.98. The maximum absolute atomic E-state index is 12.3. The van der Waals surface area contributed by atoms with Gasteiger partial charge in [-0.2, -0.15) is 0 Å². The fourth-order valence-electron chi connectivity index (χ4n) is 3.39. The Labute approximate surface area is 123 Å². The number of carbonyl (C=O) groups excluding carboxylic acids is 1. The van der Waals surface area contributed by atoms with Crippen LogP contribution in [0.1, 0.15) is 46.5 Å². The van der Waals surface area contributed by atoms with Crippen molar-refractivity contribution in [1.82, 2.24) is 9.80 Å². The van der Waals surface area contributed by atoms with E-state index in [0.717, 1.165) is 51.9 Å². The lowest BCUT2D eigenvalue weighted by Crippen LogP contribution is -2.51. The molecule has 4 heteroatoms. The van der Waals surface area contributed by atoms with Crippen LogP contribution in [0.5, 0.6) is 0 Å². The second-order valence-electron chi connectivity index (χ2n) is 7.24. The molecule has 2 rings (SSSR count). The van der Waals surface area contributed by atoms with Gasteiger partial charge in [0.15, 0.2) is 0 Å². The number of piperidine rings is 2. The maximum Gasteiger partial charge on any atom is 0.227 e. The Morgan fingerprint density at radius 3 is 2.00 bits per heavy atom. The first-order chi connectivity index (χ1) is 9.41. The highest BCUT2D eigenvalue weighted by molar-refractivity contribution is 5.81. The summed E-state index contributed by atoms with van der Waals surface area (Å²) < 4.78 is 5.43. The number of amides is 1. The van der Waals surface area contributed by atoms with Gasteiger partial charge in [0.2, 0.25) is 5.91 Å². The summed E-state index contributed by atoms with van der Waals surface area (Å²) in [6.07, 6.45) is 5.00. The minimum atomic E-state index is -0.246. The molecule has 0 aromatic rings. The number of hydrogen-bond donors (Lipinski definition) is 0. The van der Waals surface area contributed by atoms with Gasteiger partial charge in [-0.1, -0.05) is 20.8 Å². The highest BCUT2D eigenvalue weighted by Crippen LogP contribution is 2.25. The topological polar surface area (TPSA) is 32.8 Å². The average Bonchev–Trinajstić information content (AvgIpc) is 2.46. The molecule has 2 saturated heterocycles. The Hall–Kier alpha value is -0.610. The van der Waals surface area contributed by atoms with Gasteiger partial charge in [0.1, 0.15) is 0 Å². The van der Waals surface area contributed by atoms with Crippen molar-refractivity contribution in [2.75, 3.05) is 33.3 Å². The van der Waals surface area contributed by atoms with Crippen LogP contribution in [0.2, 0.25) is 0 Å². The number of methoxy groups -OCH3 is 1. The highest BCUT2D eigenvalue weighted by Gasteiger charge is 2.33. The summed E-state index contributed by atoms with van der Waals surface area (Å²) in [7, 11) is 1.82. The standard InChI is InChI=1S/C16H30N2O2/c1-16(2,3)15(19)18-9-5-13(6-10-18)17-11-7-14(20-4)8-12-17/h13-14H,5-12H2,1-4H3. The van der Waals surface area contributed by atoms with Crippen molar-refractivity contribution >= 4 is 5.91 Å². The molecule has 2 aliphatic rings. The molecule has 0 aliphatic carbocycles. The number of ether oxygens (including phenoxy) is 1. The van der Waals surface area contributed by atoms with Gasteiger partial charge in [-0.05, 0) is 25.7 Å². The molecule has 0 aromatic carbocycles. The second kappa shape index (κ2) is 6.44. The van der Waals surface area contributed by atoms with Crippen LogP contribution in [0.25, 0.3) is 0 Å². The average molecular weight is 282 g/mol. The van der Waals surface area contributed by atoms with Gasteiger partial charge in [-0.3, -0.25) is 4.79 Å². The molecule has 1 amide bonds. The van der Waals surface area contributed by atoms with Crippen molar-refractivity contribution in [2.45, 2.75) is 58.6 Å². The van der Waals surface area contributed by atoms with Gasteiger partial charge < -0.3 is 14.5 Å². The van der Waals surface area contributed by atoms with E-state index >= 15 is 0 Å². The fourth-order valence-corrected chi connectivity index (χ4v) is 3.39. The van der Waals surface area contributed by atoms with Crippen LogP contribution in [0.15, 0.2) is 0 Å². The van der Waals surface area contributed by atoms with Gasteiger partial charge >= 0.3 is 0 Å². The number of hydrogen-bond acceptors (Lipinski definition) is 3.